The molecule has 166 valence electrons. The number of thioether (sulfide) groups is 1. The topological polar surface area (TPSA) is 85.0 Å². The van der Waals surface area contributed by atoms with E-state index in [4.69, 9.17) is 15.5 Å². The van der Waals surface area contributed by atoms with Crippen LogP contribution in [0.15, 0.2) is 82.7 Å². The number of primary amides is 1. The molecule has 3 aromatic carbocycles. The van der Waals surface area contributed by atoms with Crippen molar-refractivity contribution in [1.82, 2.24) is 0 Å². The van der Waals surface area contributed by atoms with Crippen molar-refractivity contribution in [2.24, 2.45) is 10.7 Å². The Morgan fingerprint density at radius 1 is 1.00 bits per heavy atom. The van der Waals surface area contributed by atoms with Crippen LogP contribution in [0, 0.1) is 13.8 Å². The van der Waals surface area contributed by atoms with Crippen LogP contribution in [-0.2, 0) is 9.59 Å². The normalized spacial score (nSPS) is 15.9. The first-order valence-electron chi connectivity index (χ1n) is 10.4. The van der Waals surface area contributed by atoms with Crippen LogP contribution in [0.2, 0.25) is 0 Å². The average molecular weight is 458 g/mol. The minimum absolute atomic E-state index is 0.181. The molecular formula is C26H23N3O3S. The molecule has 0 aromatic heterocycles. The summed E-state index contributed by atoms with van der Waals surface area (Å²) in [7, 11) is 0. The largest absolute Gasteiger partial charge is 0.483 e. The van der Waals surface area contributed by atoms with E-state index in [0.29, 0.717) is 21.4 Å². The molecule has 0 bridgehead atoms. The van der Waals surface area contributed by atoms with Crippen LogP contribution < -0.4 is 15.4 Å². The molecule has 2 N–H and O–H groups in total. The van der Waals surface area contributed by atoms with Gasteiger partial charge in [-0.05, 0) is 62.0 Å². The summed E-state index contributed by atoms with van der Waals surface area (Å²) in [6.45, 7) is 3.78. The number of hydrogen-bond acceptors (Lipinski definition) is 5. The molecule has 4 rings (SSSR count). The smallest absolute Gasteiger partial charge is 0.271 e. The first kappa shape index (κ1) is 22.4. The van der Waals surface area contributed by atoms with Crippen molar-refractivity contribution in [3.8, 4) is 5.75 Å². The molecule has 7 heteroatoms. The van der Waals surface area contributed by atoms with E-state index in [-0.39, 0.29) is 12.5 Å². The highest BCUT2D eigenvalue weighted by Crippen LogP contribution is 2.38. The number of aryl methyl sites for hydroxylation is 2. The number of amides is 2. The zero-order valence-electron chi connectivity index (χ0n) is 18.3. The fourth-order valence-electron chi connectivity index (χ4n) is 3.22. The summed E-state index contributed by atoms with van der Waals surface area (Å²) in [4.78, 5) is 31.5. The van der Waals surface area contributed by atoms with E-state index in [1.54, 1.807) is 23.1 Å². The van der Waals surface area contributed by atoms with E-state index < -0.39 is 5.91 Å². The highest BCUT2D eigenvalue weighted by atomic mass is 32.2. The van der Waals surface area contributed by atoms with Gasteiger partial charge in [-0.1, -0.05) is 53.6 Å². The maximum absolute atomic E-state index is 13.5. The fraction of sp³-hybridized carbons (Fsp3) is 0.115. The molecule has 33 heavy (non-hydrogen) atoms. The van der Waals surface area contributed by atoms with E-state index >= 15 is 0 Å². The molecule has 0 saturated carbocycles. The molecule has 1 saturated heterocycles. The minimum Gasteiger partial charge on any atom is -0.483 e. The second-order valence-electron chi connectivity index (χ2n) is 7.61. The molecule has 1 fully saturated rings. The van der Waals surface area contributed by atoms with Crippen molar-refractivity contribution < 1.29 is 14.3 Å². The van der Waals surface area contributed by atoms with Gasteiger partial charge in [0.05, 0.1) is 16.3 Å². The Kier molecular flexibility index (Phi) is 6.60. The van der Waals surface area contributed by atoms with Gasteiger partial charge in [-0.15, -0.1) is 0 Å². The lowest BCUT2D eigenvalue weighted by Crippen LogP contribution is -2.28. The number of nitrogens with two attached hydrogens (primary N) is 1. The van der Waals surface area contributed by atoms with Crippen molar-refractivity contribution >= 4 is 46.2 Å². The number of amidine groups is 1. The van der Waals surface area contributed by atoms with Crippen LogP contribution >= 0.6 is 11.8 Å². The number of aliphatic imine (C=N–C) groups is 1. The fourth-order valence-corrected chi connectivity index (χ4v) is 4.21. The van der Waals surface area contributed by atoms with Crippen molar-refractivity contribution in [1.29, 1.82) is 0 Å². The number of benzene rings is 3. The summed E-state index contributed by atoms with van der Waals surface area (Å²) in [6.07, 6.45) is 1.75. The average Bonchev–Trinajstić information content (AvgIpc) is 3.10. The predicted octanol–water partition coefficient (Wildman–Crippen LogP) is 4.98. The van der Waals surface area contributed by atoms with Gasteiger partial charge in [0, 0.05) is 5.56 Å². The number of para-hydroxylation sites is 1. The van der Waals surface area contributed by atoms with Crippen LogP contribution in [0.4, 0.5) is 11.4 Å². The maximum Gasteiger partial charge on any atom is 0.271 e. The lowest BCUT2D eigenvalue weighted by atomic mass is 10.1. The number of carbonyl (C=O) groups excluding carboxylic acids is 2. The molecule has 2 amide bonds. The Hall–Kier alpha value is -3.84. The summed E-state index contributed by atoms with van der Waals surface area (Å²) >= 11 is 1.29. The number of hydrogen-bond donors (Lipinski definition) is 1. The number of anilines is 1. The van der Waals surface area contributed by atoms with Gasteiger partial charge >= 0.3 is 0 Å². The van der Waals surface area contributed by atoms with Crippen LogP contribution in [0.5, 0.6) is 5.75 Å². The highest BCUT2D eigenvalue weighted by molar-refractivity contribution is 8.19. The number of ether oxygens (including phenoxy) is 1. The number of nitrogens with zero attached hydrogens (tertiary/aromatic N) is 2. The van der Waals surface area contributed by atoms with Gasteiger partial charge in [-0.3, -0.25) is 14.5 Å². The summed E-state index contributed by atoms with van der Waals surface area (Å²) in [5, 5.41) is 0.564. The lowest BCUT2D eigenvalue weighted by Gasteiger charge is -2.16. The molecule has 0 aliphatic carbocycles. The van der Waals surface area contributed by atoms with Gasteiger partial charge in [0.25, 0.3) is 11.8 Å². The van der Waals surface area contributed by atoms with Crippen LogP contribution in [0.3, 0.4) is 0 Å². The standard InChI is InChI=1S/C26H23N3O3S/c1-17-7-11-20(12-8-17)28-26-29(21-13-9-18(2)10-14-21)25(31)23(33-26)15-19-5-3-4-6-22(19)32-16-24(27)30/h3-15H,16H2,1-2H3,(H2,27,30). The quantitative estimate of drug-likeness (QED) is 0.529. The van der Waals surface area contributed by atoms with Gasteiger partial charge in [-0.25, -0.2) is 4.99 Å². The van der Waals surface area contributed by atoms with Crippen molar-refractivity contribution in [2.75, 3.05) is 11.5 Å². The van der Waals surface area contributed by atoms with E-state index in [1.807, 2.05) is 74.5 Å². The van der Waals surface area contributed by atoms with E-state index in [9.17, 15) is 9.59 Å². The number of rotatable bonds is 6. The number of carbonyl (C=O) groups is 2. The Bertz CT molecular complexity index is 1250. The Balaban J connectivity index is 1.74. The van der Waals surface area contributed by atoms with Crippen molar-refractivity contribution in [2.45, 2.75) is 13.8 Å². The molecule has 0 unspecified atom stereocenters. The van der Waals surface area contributed by atoms with Crippen molar-refractivity contribution in [3.63, 3.8) is 0 Å². The van der Waals surface area contributed by atoms with Gasteiger partial charge in [0.15, 0.2) is 11.8 Å². The molecule has 0 atom stereocenters. The van der Waals surface area contributed by atoms with Gasteiger partial charge in [0.2, 0.25) is 0 Å². The SMILES string of the molecule is Cc1ccc(N=C2SC(=Cc3ccccc3OCC(N)=O)C(=O)N2c2ccc(C)cc2)cc1. The minimum atomic E-state index is -0.568. The Labute approximate surface area is 196 Å². The zero-order valence-corrected chi connectivity index (χ0v) is 19.1. The Morgan fingerprint density at radius 2 is 1.64 bits per heavy atom. The molecule has 0 radical (unpaired) electrons. The lowest BCUT2D eigenvalue weighted by molar-refractivity contribution is -0.120. The van der Waals surface area contributed by atoms with Crippen LogP contribution in [0.1, 0.15) is 16.7 Å². The Morgan fingerprint density at radius 3 is 2.30 bits per heavy atom. The van der Waals surface area contributed by atoms with Gasteiger partial charge < -0.3 is 10.5 Å². The molecule has 6 nitrogen and oxygen atoms in total. The van der Waals surface area contributed by atoms with Crippen molar-refractivity contribution in [3.05, 3.63) is 94.4 Å². The highest BCUT2D eigenvalue weighted by Gasteiger charge is 2.35. The second kappa shape index (κ2) is 9.75. The first-order chi connectivity index (χ1) is 15.9. The van der Waals surface area contributed by atoms with E-state index in [0.717, 1.165) is 22.5 Å². The third-order valence-electron chi connectivity index (χ3n) is 4.93. The van der Waals surface area contributed by atoms with Gasteiger partial charge in [0.1, 0.15) is 5.75 Å². The van der Waals surface area contributed by atoms with Gasteiger partial charge in [-0.2, -0.15) is 0 Å². The molecule has 1 heterocycles. The molecule has 1 aliphatic rings. The third-order valence-corrected chi connectivity index (χ3v) is 5.90. The monoisotopic (exact) mass is 457 g/mol. The predicted molar refractivity (Wildman–Crippen MR) is 134 cm³/mol. The maximum atomic E-state index is 13.5. The third kappa shape index (κ3) is 5.32. The van der Waals surface area contributed by atoms with E-state index in [2.05, 4.69) is 0 Å². The van der Waals surface area contributed by atoms with E-state index in [1.165, 1.54) is 11.8 Å². The summed E-state index contributed by atoms with van der Waals surface area (Å²) < 4.78 is 5.52. The molecule has 0 spiro atoms. The second-order valence-corrected chi connectivity index (χ2v) is 8.62. The molecule has 3 aromatic rings. The summed E-state index contributed by atoms with van der Waals surface area (Å²) in [5.74, 6) is -0.274. The van der Waals surface area contributed by atoms with Crippen LogP contribution in [0.25, 0.3) is 6.08 Å². The summed E-state index contributed by atoms with van der Waals surface area (Å²) in [6, 6.07) is 22.8. The molecule has 1 aliphatic heterocycles. The van der Waals surface area contributed by atoms with Crippen LogP contribution in [-0.4, -0.2) is 23.6 Å². The first-order valence-corrected chi connectivity index (χ1v) is 11.2. The summed E-state index contributed by atoms with van der Waals surface area (Å²) in [5.41, 5.74) is 9.63. The zero-order chi connectivity index (χ0) is 23.4. The molecular weight excluding hydrogens is 434 g/mol.